The molecule has 0 aliphatic rings. The number of halogens is 1. The number of rotatable bonds is 8. The van der Waals surface area contributed by atoms with E-state index in [1.54, 1.807) is 42.5 Å². The molecule has 0 unspecified atom stereocenters. The Bertz CT molecular complexity index is 1210. The van der Waals surface area contributed by atoms with Gasteiger partial charge in [0.2, 0.25) is 5.91 Å². The Morgan fingerprint density at radius 3 is 2.31 bits per heavy atom. The molecule has 0 aromatic heterocycles. The third-order valence-corrected chi connectivity index (χ3v) is 7.08. The lowest BCUT2D eigenvalue weighted by atomic mass is 10.2. The van der Waals surface area contributed by atoms with Gasteiger partial charge in [-0.2, -0.15) is 0 Å². The molecule has 0 spiro atoms. The van der Waals surface area contributed by atoms with Crippen LogP contribution in [0, 0.1) is 13.8 Å². The number of amides is 1. The minimum Gasteiger partial charge on any atom is -0.495 e. The second-order valence-corrected chi connectivity index (χ2v) is 9.64. The minimum absolute atomic E-state index is 0.0885. The van der Waals surface area contributed by atoms with Crippen LogP contribution < -0.4 is 14.4 Å². The second-order valence-electron chi connectivity index (χ2n) is 7.37. The number of anilines is 1. The van der Waals surface area contributed by atoms with Crippen molar-refractivity contribution in [3.63, 3.8) is 0 Å². The number of sulfonamides is 1. The molecule has 3 aromatic carbocycles. The average Bonchev–Trinajstić information content (AvgIpc) is 2.77. The molecule has 0 aliphatic heterocycles. The molecule has 3 rings (SSSR count). The van der Waals surface area contributed by atoms with Gasteiger partial charge >= 0.3 is 0 Å². The zero-order valence-corrected chi connectivity index (χ0v) is 19.7. The van der Waals surface area contributed by atoms with Crippen molar-refractivity contribution >= 4 is 33.2 Å². The summed E-state index contributed by atoms with van der Waals surface area (Å²) in [7, 11) is -2.58. The summed E-state index contributed by atoms with van der Waals surface area (Å²) in [4.78, 5) is 12.9. The van der Waals surface area contributed by atoms with Crippen LogP contribution in [-0.4, -0.2) is 28.0 Å². The maximum Gasteiger partial charge on any atom is 0.264 e. The highest BCUT2D eigenvalue weighted by Crippen LogP contribution is 2.33. The highest BCUT2D eigenvalue weighted by Gasteiger charge is 2.29. The van der Waals surface area contributed by atoms with Gasteiger partial charge in [0.15, 0.2) is 0 Å². The van der Waals surface area contributed by atoms with Gasteiger partial charge in [-0.25, -0.2) is 8.42 Å². The van der Waals surface area contributed by atoms with Gasteiger partial charge in [-0.15, -0.1) is 0 Å². The fraction of sp³-hybridized carbons (Fsp3) is 0.208. The number of aryl methyl sites for hydroxylation is 2. The van der Waals surface area contributed by atoms with Crippen molar-refractivity contribution in [3.05, 3.63) is 88.4 Å². The number of methoxy groups -OCH3 is 1. The van der Waals surface area contributed by atoms with E-state index in [-0.39, 0.29) is 11.4 Å². The van der Waals surface area contributed by atoms with Crippen molar-refractivity contribution in [1.29, 1.82) is 0 Å². The SMILES string of the molecule is COc1ccc(C)cc1N(CC(=O)NCc1ccccc1Cl)S(=O)(=O)c1ccc(C)cc1. The van der Waals surface area contributed by atoms with Crippen molar-refractivity contribution in [3.8, 4) is 5.75 Å². The maximum absolute atomic E-state index is 13.6. The van der Waals surface area contributed by atoms with E-state index >= 15 is 0 Å². The number of benzene rings is 3. The smallest absolute Gasteiger partial charge is 0.264 e. The summed E-state index contributed by atoms with van der Waals surface area (Å²) in [6.45, 7) is 3.49. The molecular weight excluding hydrogens is 448 g/mol. The first-order chi connectivity index (χ1) is 15.2. The van der Waals surface area contributed by atoms with Crippen molar-refractivity contribution in [2.75, 3.05) is 18.0 Å². The van der Waals surface area contributed by atoms with Crippen LogP contribution in [0.25, 0.3) is 0 Å². The largest absolute Gasteiger partial charge is 0.495 e. The molecule has 0 fully saturated rings. The highest BCUT2D eigenvalue weighted by atomic mass is 35.5. The van der Waals surface area contributed by atoms with E-state index in [9.17, 15) is 13.2 Å². The quantitative estimate of drug-likeness (QED) is 0.524. The van der Waals surface area contributed by atoms with Gasteiger partial charge in [0.05, 0.1) is 17.7 Å². The Balaban J connectivity index is 1.95. The molecule has 1 N–H and O–H groups in total. The van der Waals surface area contributed by atoms with E-state index in [0.29, 0.717) is 16.5 Å². The van der Waals surface area contributed by atoms with E-state index < -0.39 is 22.5 Å². The van der Waals surface area contributed by atoms with Gasteiger partial charge in [0.25, 0.3) is 10.0 Å². The van der Waals surface area contributed by atoms with Crippen molar-refractivity contribution in [1.82, 2.24) is 5.32 Å². The Kier molecular flexibility index (Phi) is 7.43. The van der Waals surface area contributed by atoms with E-state index in [2.05, 4.69) is 5.32 Å². The van der Waals surface area contributed by atoms with Crippen LogP contribution in [0.5, 0.6) is 5.75 Å². The summed E-state index contributed by atoms with van der Waals surface area (Å²) in [5, 5.41) is 3.28. The Hall–Kier alpha value is -3.03. The van der Waals surface area contributed by atoms with Gasteiger partial charge in [-0.1, -0.05) is 53.6 Å². The summed E-state index contributed by atoms with van der Waals surface area (Å²) < 4.78 is 33.6. The fourth-order valence-electron chi connectivity index (χ4n) is 3.15. The molecule has 8 heteroatoms. The fourth-order valence-corrected chi connectivity index (χ4v) is 4.78. The van der Waals surface area contributed by atoms with Gasteiger partial charge in [-0.3, -0.25) is 9.10 Å². The molecule has 0 saturated heterocycles. The van der Waals surface area contributed by atoms with Crippen LogP contribution in [0.15, 0.2) is 71.6 Å². The number of hydrogen-bond acceptors (Lipinski definition) is 4. The molecule has 0 atom stereocenters. The molecule has 168 valence electrons. The number of carbonyl (C=O) groups is 1. The normalized spacial score (nSPS) is 11.1. The second kappa shape index (κ2) is 10.1. The number of carbonyl (C=O) groups excluding carboxylic acids is 1. The molecule has 0 radical (unpaired) electrons. The number of nitrogens with zero attached hydrogens (tertiary/aromatic N) is 1. The van der Waals surface area contributed by atoms with Gasteiger partial charge in [0, 0.05) is 11.6 Å². The van der Waals surface area contributed by atoms with Crippen LogP contribution in [0.2, 0.25) is 5.02 Å². The van der Waals surface area contributed by atoms with E-state index in [0.717, 1.165) is 21.0 Å². The van der Waals surface area contributed by atoms with Crippen LogP contribution in [0.1, 0.15) is 16.7 Å². The lowest BCUT2D eigenvalue weighted by Gasteiger charge is -2.26. The lowest BCUT2D eigenvalue weighted by Crippen LogP contribution is -2.41. The van der Waals surface area contributed by atoms with Crippen LogP contribution >= 0.6 is 11.6 Å². The molecule has 0 aliphatic carbocycles. The monoisotopic (exact) mass is 472 g/mol. The Morgan fingerprint density at radius 1 is 1.00 bits per heavy atom. The first-order valence-electron chi connectivity index (χ1n) is 9.96. The van der Waals surface area contributed by atoms with E-state index in [4.69, 9.17) is 16.3 Å². The lowest BCUT2D eigenvalue weighted by molar-refractivity contribution is -0.119. The summed E-state index contributed by atoms with van der Waals surface area (Å²) in [6, 6.07) is 18.8. The van der Waals surface area contributed by atoms with Gasteiger partial charge in [-0.05, 0) is 55.3 Å². The summed E-state index contributed by atoms with van der Waals surface area (Å²) in [6.07, 6.45) is 0. The molecular formula is C24H25ClN2O4S. The Labute approximate surface area is 193 Å². The third-order valence-electron chi connectivity index (χ3n) is 4.93. The zero-order chi connectivity index (χ0) is 23.3. The standard InChI is InChI=1S/C24H25ClN2O4S/c1-17-8-11-20(12-9-17)32(29,30)27(22-14-18(2)10-13-23(22)31-3)16-24(28)26-15-19-6-4-5-7-21(19)25/h4-14H,15-16H2,1-3H3,(H,26,28). The molecule has 6 nitrogen and oxygen atoms in total. The average molecular weight is 473 g/mol. The van der Waals surface area contributed by atoms with Crippen LogP contribution in [0.3, 0.4) is 0 Å². The predicted molar refractivity (Wildman–Crippen MR) is 127 cm³/mol. The van der Waals surface area contributed by atoms with Gasteiger partial charge in [0.1, 0.15) is 12.3 Å². The molecule has 0 bridgehead atoms. The Morgan fingerprint density at radius 2 is 1.66 bits per heavy atom. The molecule has 1 amide bonds. The summed E-state index contributed by atoms with van der Waals surface area (Å²) in [5.74, 6) is -0.116. The van der Waals surface area contributed by atoms with Crippen molar-refractivity contribution in [2.24, 2.45) is 0 Å². The number of ether oxygens (including phenoxy) is 1. The first kappa shape index (κ1) is 23.6. The molecule has 3 aromatic rings. The van der Waals surface area contributed by atoms with Crippen LogP contribution in [-0.2, 0) is 21.4 Å². The van der Waals surface area contributed by atoms with E-state index in [1.807, 2.05) is 26.0 Å². The van der Waals surface area contributed by atoms with E-state index in [1.165, 1.54) is 19.2 Å². The summed E-state index contributed by atoms with van der Waals surface area (Å²) in [5.41, 5.74) is 2.80. The first-order valence-corrected chi connectivity index (χ1v) is 11.8. The zero-order valence-electron chi connectivity index (χ0n) is 18.1. The van der Waals surface area contributed by atoms with Crippen molar-refractivity contribution < 1.29 is 17.9 Å². The molecule has 0 saturated carbocycles. The predicted octanol–water partition coefficient (Wildman–Crippen LogP) is 4.48. The number of nitrogens with one attached hydrogen (secondary N) is 1. The summed E-state index contributed by atoms with van der Waals surface area (Å²) >= 11 is 6.16. The maximum atomic E-state index is 13.6. The van der Waals surface area contributed by atoms with Gasteiger partial charge < -0.3 is 10.1 Å². The number of hydrogen-bond donors (Lipinski definition) is 1. The minimum atomic E-state index is -4.04. The van der Waals surface area contributed by atoms with Crippen molar-refractivity contribution in [2.45, 2.75) is 25.3 Å². The topological polar surface area (TPSA) is 75.7 Å². The molecule has 32 heavy (non-hydrogen) atoms. The highest BCUT2D eigenvalue weighted by molar-refractivity contribution is 7.92. The van der Waals surface area contributed by atoms with Crippen LogP contribution in [0.4, 0.5) is 5.69 Å². The molecule has 0 heterocycles. The third kappa shape index (κ3) is 5.41.